The molecule has 2 aromatic rings. The number of nitrogens with one attached hydrogen (secondary N) is 1. The van der Waals surface area contributed by atoms with Crippen LogP contribution in [0.15, 0.2) is 42.5 Å². The summed E-state index contributed by atoms with van der Waals surface area (Å²) in [5, 5.41) is 3.25. The van der Waals surface area contributed by atoms with E-state index in [1.807, 2.05) is 18.2 Å². The van der Waals surface area contributed by atoms with Gasteiger partial charge in [-0.25, -0.2) is 4.39 Å². The monoisotopic (exact) mass is 270 g/mol. The molecular weight excluding hydrogens is 255 g/mol. The van der Waals surface area contributed by atoms with E-state index in [9.17, 15) is 9.18 Å². The van der Waals surface area contributed by atoms with E-state index in [1.165, 1.54) is 22.6 Å². The third-order valence-corrected chi connectivity index (χ3v) is 3.57. The Bertz CT molecular complexity index is 669. The number of anilines is 2. The Morgan fingerprint density at radius 1 is 1.25 bits per heavy atom. The van der Waals surface area contributed by atoms with E-state index in [0.717, 1.165) is 18.7 Å². The molecular formula is C16H15FN2O. The Kier molecular flexibility index (Phi) is 3.14. The zero-order valence-corrected chi connectivity index (χ0v) is 11.2. The highest BCUT2D eigenvalue weighted by Crippen LogP contribution is 2.25. The third kappa shape index (κ3) is 2.25. The summed E-state index contributed by atoms with van der Waals surface area (Å²) in [6.45, 7) is 0.909. The van der Waals surface area contributed by atoms with Crippen molar-refractivity contribution in [2.75, 3.05) is 23.8 Å². The molecule has 1 aliphatic rings. The van der Waals surface area contributed by atoms with Crippen LogP contribution in [0.1, 0.15) is 15.9 Å². The minimum absolute atomic E-state index is 0.146. The normalized spacial score (nSPS) is 12.7. The minimum Gasteiger partial charge on any atom is -0.384 e. The van der Waals surface area contributed by atoms with Gasteiger partial charge in [-0.05, 0) is 42.3 Å². The number of halogens is 1. The highest BCUT2D eigenvalue weighted by Gasteiger charge is 2.17. The molecule has 0 spiro atoms. The molecule has 0 saturated carbocycles. The summed E-state index contributed by atoms with van der Waals surface area (Å²) in [4.78, 5) is 13.9. The Hall–Kier alpha value is -2.36. The molecule has 0 unspecified atom stereocenters. The second-order valence-electron chi connectivity index (χ2n) is 4.89. The van der Waals surface area contributed by atoms with E-state index < -0.39 is 0 Å². The maximum absolute atomic E-state index is 13.2. The molecule has 0 fully saturated rings. The first kappa shape index (κ1) is 12.7. The fourth-order valence-corrected chi connectivity index (χ4v) is 2.42. The second kappa shape index (κ2) is 4.96. The van der Waals surface area contributed by atoms with E-state index in [1.54, 1.807) is 19.2 Å². The molecule has 3 rings (SSSR count). The SMILES string of the molecule is CN(C(=O)c1ccc2c(c1)NCC2)c1cccc(F)c1. The quantitative estimate of drug-likeness (QED) is 0.909. The topological polar surface area (TPSA) is 32.3 Å². The Labute approximate surface area is 117 Å². The van der Waals surface area contributed by atoms with Gasteiger partial charge in [0.1, 0.15) is 5.82 Å². The van der Waals surface area contributed by atoms with Gasteiger partial charge >= 0.3 is 0 Å². The van der Waals surface area contributed by atoms with Gasteiger partial charge in [-0.15, -0.1) is 0 Å². The van der Waals surface area contributed by atoms with Crippen LogP contribution in [0, 0.1) is 5.82 Å². The van der Waals surface area contributed by atoms with Gasteiger partial charge in [0.2, 0.25) is 0 Å². The summed E-state index contributed by atoms with van der Waals surface area (Å²) in [6.07, 6.45) is 0.990. The van der Waals surface area contributed by atoms with Crippen LogP contribution < -0.4 is 10.2 Å². The zero-order valence-electron chi connectivity index (χ0n) is 11.2. The third-order valence-electron chi connectivity index (χ3n) is 3.57. The van der Waals surface area contributed by atoms with Crippen LogP contribution >= 0.6 is 0 Å². The number of carbonyl (C=O) groups is 1. The summed E-state index contributed by atoms with van der Waals surface area (Å²) >= 11 is 0. The largest absolute Gasteiger partial charge is 0.384 e. The molecule has 3 nitrogen and oxygen atoms in total. The van der Waals surface area contributed by atoms with Gasteiger partial charge in [0.05, 0.1) is 0 Å². The van der Waals surface area contributed by atoms with Crippen molar-refractivity contribution < 1.29 is 9.18 Å². The molecule has 1 N–H and O–H groups in total. The zero-order chi connectivity index (χ0) is 14.1. The van der Waals surface area contributed by atoms with Crippen LogP contribution in [-0.2, 0) is 6.42 Å². The highest BCUT2D eigenvalue weighted by molar-refractivity contribution is 6.06. The molecule has 1 heterocycles. The molecule has 102 valence electrons. The maximum Gasteiger partial charge on any atom is 0.258 e. The maximum atomic E-state index is 13.2. The molecule has 0 aromatic heterocycles. The van der Waals surface area contributed by atoms with E-state index in [0.29, 0.717) is 11.3 Å². The van der Waals surface area contributed by atoms with Gasteiger partial charge in [0, 0.05) is 30.5 Å². The summed E-state index contributed by atoms with van der Waals surface area (Å²) in [6, 6.07) is 11.7. The van der Waals surface area contributed by atoms with Crippen LogP contribution in [0.3, 0.4) is 0 Å². The van der Waals surface area contributed by atoms with E-state index in [4.69, 9.17) is 0 Å². The van der Waals surface area contributed by atoms with Gasteiger partial charge in [0.25, 0.3) is 5.91 Å². The molecule has 0 atom stereocenters. The summed E-state index contributed by atoms with van der Waals surface area (Å²) in [5.74, 6) is -0.495. The minimum atomic E-state index is -0.349. The Morgan fingerprint density at radius 3 is 2.90 bits per heavy atom. The molecule has 1 amide bonds. The smallest absolute Gasteiger partial charge is 0.258 e. The Balaban J connectivity index is 1.88. The first-order chi connectivity index (χ1) is 9.65. The average molecular weight is 270 g/mol. The molecule has 20 heavy (non-hydrogen) atoms. The number of fused-ring (bicyclic) bond motifs is 1. The number of amides is 1. The lowest BCUT2D eigenvalue weighted by Crippen LogP contribution is -2.26. The predicted octanol–water partition coefficient (Wildman–Crippen LogP) is 3.07. The average Bonchev–Trinajstić information content (AvgIpc) is 2.93. The first-order valence-electron chi connectivity index (χ1n) is 6.55. The van der Waals surface area contributed by atoms with Crippen LogP contribution in [0.5, 0.6) is 0 Å². The fraction of sp³-hybridized carbons (Fsp3) is 0.188. The van der Waals surface area contributed by atoms with Crippen LogP contribution in [0.25, 0.3) is 0 Å². The van der Waals surface area contributed by atoms with Crippen molar-refractivity contribution in [2.24, 2.45) is 0 Å². The predicted molar refractivity (Wildman–Crippen MR) is 77.8 cm³/mol. The van der Waals surface area contributed by atoms with Crippen molar-refractivity contribution >= 4 is 17.3 Å². The lowest BCUT2D eigenvalue weighted by atomic mass is 10.1. The fourth-order valence-electron chi connectivity index (χ4n) is 2.42. The summed E-state index contributed by atoms with van der Waals surface area (Å²) < 4.78 is 13.2. The Morgan fingerprint density at radius 2 is 2.10 bits per heavy atom. The number of carbonyl (C=O) groups excluding carboxylic acids is 1. The summed E-state index contributed by atoms with van der Waals surface area (Å²) in [5.41, 5.74) is 3.40. The van der Waals surface area contributed by atoms with Crippen molar-refractivity contribution in [2.45, 2.75) is 6.42 Å². The van der Waals surface area contributed by atoms with Crippen LogP contribution in [0.4, 0.5) is 15.8 Å². The van der Waals surface area contributed by atoms with E-state index >= 15 is 0 Å². The molecule has 0 bridgehead atoms. The number of nitrogens with zero attached hydrogens (tertiary/aromatic N) is 1. The van der Waals surface area contributed by atoms with Crippen LogP contribution in [-0.4, -0.2) is 19.5 Å². The van der Waals surface area contributed by atoms with Crippen molar-refractivity contribution in [3.63, 3.8) is 0 Å². The first-order valence-corrected chi connectivity index (χ1v) is 6.55. The van der Waals surface area contributed by atoms with Gasteiger partial charge in [-0.3, -0.25) is 4.79 Å². The number of hydrogen-bond donors (Lipinski definition) is 1. The summed E-state index contributed by atoms with van der Waals surface area (Å²) in [7, 11) is 1.65. The highest BCUT2D eigenvalue weighted by atomic mass is 19.1. The van der Waals surface area contributed by atoms with Crippen molar-refractivity contribution in [1.29, 1.82) is 0 Å². The van der Waals surface area contributed by atoms with Gasteiger partial charge in [-0.2, -0.15) is 0 Å². The van der Waals surface area contributed by atoms with Crippen molar-refractivity contribution in [1.82, 2.24) is 0 Å². The molecule has 4 heteroatoms. The van der Waals surface area contributed by atoms with Gasteiger partial charge < -0.3 is 10.2 Å². The second-order valence-corrected chi connectivity index (χ2v) is 4.89. The standard InChI is InChI=1S/C16H15FN2O/c1-19(14-4-2-3-13(17)10-14)16(20)12-6-5-11-7-8-18-15(11)9-12/h2-6,9-10,18H,7-8H2,1H3. The molecule has 0 saturated heterocycles. The van der Waals surface area contributed by atoms with Crippen LogP contribution in [0.2, 0.25) is 0 Å². The number of hydrogen-bond acceptors (Lipinski definition) is 2. The molecule has 0 radical (unpaired) electrons. The number of rotatable bonds is 2. The van der Waals surface area contributed by atoms with Crippen molar-refractivity contribution in [3.05, 3.63) is 59.4 Å². The van der Waals surface area contributed by atoms with Gasteiger partial charge in [-0.1, -0.05) is 12.1 Å². The molecule has 0 aliphatic carbocycles. The lowest BCUT2D eigenvalue weighted by molar-refractivity contribution is 0.0993. The van der Waals surface area contributed by atoms with E-state index in [-0.39, 0.29) is 11.7 Å². The van der Waals surface area contributed by atoms with Gasteiger partial charge in [0.15, 0.2) is 0 Å². The number of benzene rings is 2. The molecule has 2 aromatic carbocycles. The van der Waals surface area contributed by atoms with Crippen molar-refractivity contribution in [3.8, 4) is 0 Å². The lowest BCUT2D eigenvalue weighted by Gasteiger charge is -2.18. The molecule has 1 aliphatic heterocycles. The van der Waals surface area contributed by atoms with E-state index in [2.05, 4.69) is 5.32 Å².